The van der Waals surface area contributed by atoms with Crippen LogP contribution in [0.15, 0.2) is 73.3 Å². The smallest absolute Gasteiger partial charge is 0.207 e. The van der Waals surface area contributed by atoms with Crippen molar-refractivity contribution < 1.29 is 19.0 Å². The van der Waals surface area contributed by atoms with Gasteiger partial charge in [-0.3, -0.25) is 4.90 Å². The summed E-state index contributed by atoms with van der Waals surface area (Å²) in [5.41, 5.74) is 0.702. The fourth-order valence-electron chi connectivity index (χ4n) is 5.31. The molecule has 2 aromatic heterocycles. The van der Waals surface area contributed by atoms with E-state index in [2.05, 4.69) is 25.3 Å². The lowest BCUT2D eigenvalue weighted by Crippen LogP contribution is -2.58. The predicted octanol–water partition coefficient (Wildman–Crippen LogP) is 3.52. The number of β-amino-alcohol motifs (C(OH)–C–C–N with tert-alkyl or cyclic N) is 1. The van der Waals surface area contributed by atoms with Gasteiger partial charge in [-0.2, -0.15) is 9.49 Å². The van der Waals surface area contributed by atoms with Crippen LogP contribution in [0.25, 0.3) is 5.69 Å². The van der Waals surface area contributed by atoms with Crippen molar-refractivity contribution in [1.82, 2.24) is 24.6 Å². The highest BCUT2D eigenvalue weighted by molar-refractivity contribution is 5.53. The van der Waals surface area contributed by atoms with Crippen LogP contribution >= 0.6 is 0 Å². The molecule has 1 aliphatic heterocycles. The summed E-state index contributed by atoms with van der Waals surface area (Å²) >= 11 is 0. The Morgan fingerprint density at radius 1 is 1.07 bits per heavy atom. The van der Waals surface area contributed by atoms with E-state index >= 15 is 8.78 Å². The van der Waals surface area contributed by atoms with Crippen LogP contribution in [0, 0.1) is 11.6 Å². The van der Waals surface area contributed by atoms with E-state index in [4.69, 9.17) is 0 Å². The van der Waals surface area contributed by atoms with E-state index in [0.717, 1.165) is 18.4 Å². The number of halogens is 2. The standard InChI is InChI=1S/C30H33F2N7O2/c31-25-15-24(39-13-4-12-36-39)8-7-22(25)17-38(23-9-10-23)29-27(32)28(34-20-35-29)33-19-30(41)11-14-37(18-26(30)40)16-21-5-2-1-3-6-21/h1-8,12-13,15,20,23,26,40-41H,9-11,14,16-19H2,(H,33,34,35)/t26-,30-/m0/s1. The zero-order chi connectivity index (χ0) is 28.4. The summed E-state index contributed by atoms with van der Waals surface area (Å²) < 4.78 is 32.4. The number of hydrogen-bond donors (Lipinski definition) is 3. The zero-order valence-electron chi connectivity index (χ0n) is 22.6. The van der Waals surface area contributed by atoms with Crippen LogP contribution in [0.1, 0.15) is 30.4 Å². The Bertz CT molecular complexity index is 1470. The number of aliphatic hydroxyl groups is 2. The Labute approximate surface area is 237 Å². The molecule has 6 rings (SSSR count). The third-order valence-corrected chi connectivity index (χ3v) is 7.90. The third kappa shape index (κ3) is 6.07. The normalized spacial score (nSPS) is 21.1. The van der Waals surface area contributed by atoms with Crippen LogP contribution in [-0.4, -0.2) is 72.2 Å². The van der Waals surface area contributed by atoms with Crippen molar-refractivity contribution in [3.8, 4) is 5.69 Å². The maximum absolute atomic E-state index is 15.8. The van der Waals surface area contributed by atoms with Crippen molar-refractivity contribution in [2.24, 2.45) is 0 Å². The molecule has 9 nitrogen and oxygen atoms in total. The van der Waals surface area contributed by atoms with E-state index in [1.807, 2.05) is 30.3 Å². The van der Waals surface area contributed by atoms with Crippen molar-refractivity contribution in [3.05, 3.63) is 96.1 Å². The molecule has 0 unspecified atom stereocenters. The molecular formula is C30H33F2N7O2. The first kappa shape index (κ1) is 27.3. The molecule has 214 valence electrons. The van der Waals surface area contributed by atoms with Gasteiger partial charge in [0, 0.05) is 56.7 Å². The number of anilines is 2. The largest absolute Gasteiger partial charge is 0.389 e. The lowest BCUT2D eigenvalue weighted by atomic mass is 9.88. The van der Waals surface area contributed by atoms with Gasteiger partial charge in [0.05, 0.1) is 11.8 Å². The topological polar surface area (TPSA) is 103 Å². The molecule has 0 radical (unpaired) electrons. The van der Waals surface area contributed by atoms with Crippen molar-refractivity contribution in [2.75, 3.05) is 29.9 Å². The highest BCUT2D eigenvalue weighted by Gasteiger charge is 2.41. The zero-order valence-corrected chi connectivity index (χ0v) is 22.6. The molecule has 11 heteroatoms. The summed E-state index contributed by atoms with van der Waals surface area (Å²) in [6.07, 6.45) is 5.62. The molecular weight excluding hydrogens is 528 g/mol. The molecule has 1 aliphatic carbocycles. The Kier molecular flexibility index (Phi) is 7.65. The average molecular weight is 562 g/mol. The maximum Gasteiger partial charge on any atom is 0.207 e. The number of aliphatic hydroxyl groups excluding tert-OH is 1. The van der Waals surface area contributed by atoms with Gasteiger partial charge in [0.25, 0.3) is 0 Å². The molecule has 1 saturated carbocycles. The Morgan fingerprint density at radius 2 is 1.90 bits per heavy atom. The fourth-order valence-corrected chi connectivity index (χ4v) is 5.31. The summed E-state index contributed by atoms with van der Waals surface area (Å²) in [4.78, 5) is 12.1. The van der Waals surface area contributed by atoms with Gasteiger partial charge in [-0.05, 0) is 43.0 Å². The third-order valence-electron chi connectivity index (χ3n) is 7.90. The number of benzene rings is 2. The number of nitrogens with one attached hydrogen (secondary N) is 1. The van der Waals surface area contributed by atoms with Crippen molar-refractivity contribution >= 4 is 11.6 Å². The molecule has 4 aromatic rings. The van der Waals surface area contributed by atoms with Crippen LogP contribution < -0.4 is 10.2 Å². The van der Waals surface area contributed by atoms with Crippen molar-refractivity contribution in [1.29, 1.82) is 0 Å². The minimum Gasteiger partial charge on any atom is -0.389 e. The summed E-state index contributed by atoms with van der Waals surface area (Å²) in [6, 6.07) is 16.6. The summed E-state index contributed by atoms with van der Waals surface area (Å²) in [7, 11) is 0. The molecule has 2 aliphatic rings. The minimum atomic E-state index is -1.44. The van der Waals surface area contributed by atoms with E-state index in [0.29, 0.717) is 37.3 Å². The Hall–Kier alpha value is -3.93. The first-order valence-corrected chi connectivity index (χ1v) is 13.9. The second-order valence-corrected chi connectivity index (χ2v) is 10.9. The van der Waals surface area contributed by atoms with Crippen LogP contribution in [-0.2, 0) is 13.1 Å². The van der Waals surface area contributed by atoms with Gasteiger partial charge in [-0.25, -0.2) is 19.0 Å². The van der Waals surface area contributed by atoms with E-state index in [1.165, 1.54) is 12.4 Å². The lowest BCUT2D eigenvalue weighted by Gasteiger charge is -2.42. The van der Waals surface area contributed by atoms with Gasteiger partial charge >= 0.3 is 0 Å². The van der Waals surface area contributed by atoms with E-state index in [-0.39, 0.29) is 30.8 Å². The van der Waals surface area contributed by atoms with Crippen molar-refractivity contribution in [2.45, 2.75) is 50.1 Å². The second-order valence-electron chi connectivity index (χ2n) is 10.9. The van der Waals surface area contributed by atoms with Crippen LogP contribution in [0.3, 0.4) is 0 Å². The van der Waals surface area contributed by atoms with E-state index in [9.17, 15) is 10.2 Å². The van der Waals surface area contributed by atoms with Gasteiger partial charge in [-0.15, -0.1) is 0 Å². The first-order valence-electron chi connectivity index (χ1n) is 13.9. The number of aromatic nitrogens is 4. The monoisotopic (exact) mass is 561 g/mol. The molecule has 2 aromatic carbocycles. The predicted molar refractivity (Wildman–Crippen MR) is 150 cm³/mol. The molecule has 0 amide bonds. The number of hydrogen-bond acceptors (Lipinski definition) is 8. The number of nitrogens with zero attached hydrogens (tertiary/aromatic N) is 6. The van der Waals surface area contributed by atoms with Gasteiger partial charge in [0.2, 0.25) is 5.82 Å². The number of likely N-dealkylation sites (tertiary alicyclic amines) is 1. The van der Waals surface area contributed by atoms with E-state index in [1.54, 1.807) is 40.2 Å². The molecule has 2 atom stereocenters. The van der Waals surface area contributed by atoms with Crippen LogP contribution in [0.5, 0.6) is 0 Å². The summed E-state index contributed by atoms with van der Waals surface area (Å²) in [5, 5.41) is 29.1. The van der Waals surface area contributed by atoms with Crippen LogP contribution in [0.4, 0.5) is 20.4 Å². The highest BCUT2D eigenvalue weighted by atomic mass is 19.1. The fraction of sp³-hybridized carbons (Fsp3) is 0.367. The SMILES string of the molecule is O[C@H]1CN(Cc2ccccc2)CC[C@]1(O)CNc1ncnc(N(Cc2ccc(-n3cccn3)cc2F)C2CC2)c1F. The molecule has 1 saturated heterocycles. The molecule has 3 heterocycles. The average Bonchev–Trinajstić information content (AvgIpc) is 3.67. The van der Waals surface area contributed by atoms with E-state index < -0.39 is 23.3 Å². The second kappa shape index (κ2) is 11.5. The van der Waals surface area contributed by atoms with Gasteiger partial charge in [0.1, 0.15) is 17.7 Å². The van der Waals surface area contributed by atoms with Gasteiger partial charge in [0.15, 0.2) is 11.6 Å². The summed E-state index contributed by atoms with van der Waals surface area (Å²) in [5.74, 6) is -1.08. The lowest BCUT2D eigenvalue weighted by molar-refractivity contribution is -0.111. The Balaban J connectivity index is 1.13. The van der Waals surface area contributed by atoms with Crippen molar-refractivity contribution in [3.63, 3.8) is 0 Å². The number of piperidine rings is 1. The molecule has 2 fully saturated rings. The first-order chi connectivity index (χ1) is 19.9. The number of rotatable bonds is 10. The maximum atomic E-state index is 15.8. The minimum absolute atomic E-state index is 0.0393. The highest BCUT2D eigenvalue weighted by Crippen LogP contribution is 2.35. The molecule has 3 N–H and O–H groups in total. The summed E-state index contributed by atoms with van der Waals surface area (Å²) in [6.45, 7) is 1.62. The molecule has 0 bridgehead atoms. The van der Waals surface area contributed by atoms with Gasteiger partial charge < -0.3 is 20.4 Å². The molecule has 41 heavy (non-hydrogen) atoms. The molecule has 0 spiro atoms. The Morgan fingerprint density at radius 3 is 2.61 bits per heavy atom. The van der Waals surface area contributed by atoms with Gasteiger partial charge in [-0.1, -0.05) is 36.4 Å². The quantitative estimate of drug-likeness (QED) is 0.270. The van der Waals surface area contributed by atoms with Crippen LogP contribution in [0.2, 0.25) is 0 Å².